The Hall–Kier alpha value is -4.51. The minimum atomic E-state index is -0.219. The van der Waals surface area contributed by atoms with Gasteiger partial charge in [0.15, 0.2) is 11.5 Å². The molecule has 200 valence electrons. The summed E-state index contributed by atoms with van der Waals surface area (Å²) in [6.45, 7) is 10.2. The fraction of sp³-hybridized carbons (Fsp3) is 0.321. The van der Waals surface area contributed by atoms with Crippen molar-refractivity contribution in [3.05, 3.63) is 71.9 Å². The molecular weight excluding hydrogens is 494 g/mol. The van der Waals surface area contributed by atoms with Gasteiger partial charge in [0, 0.05) is 24.0 Å². The van der Waals surface area contributed by atoms with E-state index in [9.17, 15) is 4.79 Å². The van der Waals surface area contributed by atoms with Gasteiger partial charge in [0.05, 0.1) is 23.9 Å². The molecule has 0 atom stereocenters. The van der Waals surface area contributed by atoms with Crippen molar-refractivity contribution in [1.82, 2.24) is 39.2 Å². The average molecular weight is 526 g/mol. The molecule has 39 heavy (non-hydrogen) atoms. The van der Waals surface area contributed by atoms with Crippen LogP contribution in [-0.4, -0.2) is 53.1 Å². The van der Waals surface area contributed by atoms with Crippen LogP contribution < -0.4 is 20.9 Å². The monoisotopic (exact) mass is 525 g/mol. The van der Waals surface area contributed by atoms with E-state index in [1.54, 1.807) is 21.6 Å². The van der Waals surface area contributed by atoms with E-state index < -0.39 is 0 Å². The zero-order chi connectivity index (χ0) is 26.9. The van der Waals surface area contributed by atoms with Gasteiger partial charge in [0.25, 0.3) is 5.56 Å². The molecule has 11 heteroatoms. The number of hydrogen-bond acceptors (Lipinski definition) is 8. The van der Waals surface area contributed by atoms with Crippen LogP contribution in [0.15, 0.2) is 66.4 Å². The second kappa shape index (κ2) is 10.3. The van der Waals surface area contributed by atoms with Crippen molar-refractivity contribution in [2.75, 3.05) is 18.4 Å². The summed E-state index contributed by atoms with van der Waals surface area (Å²) in [6.07, 6.45) is 7.01. The number of rotatable bonds is 8. The molecule has 0 unspecified atom stereocenters. The van der Waals surface area contributed by atoms with Gasteiger partial charge < -0.3 is 19.9 Å². The summed E-state index contributed by atoms with van der Waals surface area (Å²) >= 11 is 0. The van der Waals surface area contributed by atoms with Gasteiger partial charge in [0.1, 0.15) is 11.5 Å². The van der Waals surface area contributed by atoms with Crippen molar-refractivity contribution in [3.63, 3.8) is 0 Å². The summed E-state index contributed by atoms with van der Waals surface area (Å²) in [4.78, 5) is 31.7. The van der Waals surface area contributed by atoms with Crippen LogP contribution in [0.4, 0.5) is 11.6 Å². The molecule has 5 aromatic rings. The number of allylic oxidation sites excluding steroid dienone is 1. The van der Waals surface area contributed by atoms with Crippen molar-refractivity contribution < 1.29 is 4.74 Å². The summed E-state index contributed by atoms with van der Waals surface area (Å²) in [5.74, 6) is 1.40. The number of anilines is 2. The van der Waals surface area contributed by atoms with Crippen LogP contribution in [0, 0.1) is 0 Å². The average Bonchev–Trinajstić information content (AvgIpc) is 3.48. The molecule has 6 rings (SSSR count). The first kappa shape index (κ1) is 24.8. The number of benzene rings is 1. The minimum absolute atomic E-state index is 0.105. The highest BCUT2D eigenvalue weighted by atomic mass is 16.5. The maximum atomic E-state index is 13.3. The van der Waals surface area contributed by atoms with E-state index in [1.807, 2.05) is 42.7 Å². The van der Waals surface area contributed by atoms with Crippen molar-refractivity contribution in [3.8, 4) is 11.7 Å². The summed E-state index contributed by atoms with van der Waals surface area (Å²) in [6, 6.07) is 11.8. The molecular formula is C28H31N9O2. The number of piperidine rings is 1. The molecule has 0 radical (unpaired) electrons. The fourth-order valence-corrected chi connectivity index (χ4v) is 4.93. The second-order valence-electron chi connectivity index (χ2n) is 9.89. The van der Waals surface area contributed by atoms with Gasteiger partial charge in [-0.05, 0) is 64.0 Å². The largest absolute Gasteiger partial charge is 0.474 e. The number of ether oxygens (including phenoxy) is 1. The minimum Gasteiger partial charge on any atom is -0.474 e. The third-order valence-corrected chi connectivity index (χ3v) is 6.86. The van der Waals surface area contributed by atoms with Crippen LogP contribution in [0.5, 0.6) is 5.88 Å². The SMILES string of the molecule is C=CCn1c(=O)c2cnc(Nc3ccc4c(c3)ncn4C(C)C)nc2n1-c1cccc(OC2CCNCC2)n1. The van der Waals surface area contributed by atoms with Crippen molar-refractivity contribution in [1.29, 1.82) is 0 Å². The lowest BCUT2D eigenvalue weighted by molar-refractivity contribution is 0.156. The van der Waals surface area contributed by atoms with Crippen LogP contribution in [-0.2, 0) is 6.54 Å². The van der Waals surface area contributed by atoms with Gasteiger partial charge in [-0.15, -0.1) is 6.58 Å². The smallest absolute Gasteiger partial charge is 0.278 e. The normalized spacial score (nSPS) is 14.3. The number of pyridine rings is 1. The molecule has 1 aromatic carbocycles. The summed E-state index contributed by atoms with van der Waals surface area (Å²) in [7, 11) is 0. The molecule has 4 aromatic heterocycles. The zero-order valence-electron chi connectivity index (χ0n) is 22.0. The number of aromatic nitrogens is 7. The topological polar surface area (TPSA) is 117 Å². The molecule has 1 saturated heterocycles. The van der Waals surface area contributed by atoms with Crippen molar-refractivity contribution >= 4 is 33.7 Å². The van der Waals surface area contributed by atoms with Crippen LogP contribution in [0.25, 0.3) is 27.9 Å². The number of fused-ring (bicyclic) bond motifs is 2. The van der Waals surface area contributed by atoms with Gasteiger partial charge in [-0.2, -0.15) is 9.97 Å². The Bertz CT molecular complexity index is 1710. The van der Waals surface area contributed by atoms with E-state index >= 15 is 0 Å². The van der Waals surface area contributed by atoms with Gasteiger partial charge in [0.2, 0.25) is 11.8 Å². The third kappa shape index (κ3) is 4.76. The number of nitrogens with zero attached hydrogens (tertiary/aromatic N) is 7. The van der Waals surface area contributed by atoms with E-state index in [1.165, 1.54) is 0 Å². The Morgan fingerprint density at radius 1 is 1.18 bits per heavy atom. The third-order valence-electron chi connectivity index (χ3n) is 6.86. The number of nitrogens with one attached hydrogen (secondary N) is 2. The van der Waals surface area contributed by atoms with Crippen molar-refractivity contribution in [2.45, 2.75) is 45.4 Å². The summed E-state index contributed by atoms with van der Waals surface area (Å²) in [5, 5.41) is 7.00. The Balaban J connectivity index is 1.38. The first-order valence-corrected chi connectivity index (χ1v) is 13.2. The van der Waals surface area contributed by atoms with Crippen LogP contribution in [0.3, 0.4) is 0 Å². The van der Waals surface area contributed by atoms with E-state index in [4.69, 9.17) is 14.7 Å². The first-order chi connectivity index (χ1) is 19.0. The molecule has 5 heterocycles. The standard InChI is InChI=1S/C28H31N9O2/c1-4-14-36-27(38)21-16-30-28(32-19-8-9-23-22(15-19)31-17-35(23)18(2)3)34-26(21)37(36)24-6-5-7-25(33-24)39-20-10-12-29-13-11-20/h4-9,15-18,20,29H,1,10-14H2,2-3H3,(H,30,32,34). The Morgan fingerprint density at radius 3 is 2.82 bits per heavy atom. The molecule has 0 saturated carbocycles. The predicted octanol–water partition coefficient (Wildman–Crippen LogP) is 3.97. The highest BCUT2D eigenvalue weighted by Gasteiger charge is 2.20. The quantitative estimate of drug-likeness (QED) is 0.292. The fourth-order valence-electron chi connectivity index (χ4n) is 4.93. The van der Waals surface area contributed by atoms with Crippen LogP contribution in [0.2, 0.25) is 0 Å². The molecule has 1 aliphatic heterocycles. The van der Waals surface area contributed by atoms with E-state index in [2.05, 4.69) is 45.6 Å². The lowest BCUT2D eigenvalue weighted by atomic mass is 10.1. The maximum absolute atomic E-state index is 13.3. The van der Waals surface area contributed by atoms with Gasteiger partial charge in [-0.1, -0.05) is 12.1 Å². The van der Waals surface area contributed by atoms with Crippen LogP contribution in [0.1, 0.15) is 32.7 Å². The molecule has 1 aliphatic rings. The molecule has 11 nitrogen and oxygen atoms in total. The second-order valence-corrected chi connectivity index (χ2v) is 9.89. The highest BCUT2D eigenvalue weighted by molar-refractivity contribution is 5.81. The van der Waals surface area contributed by atoms with Gasteiger partial charge in [-0.25, -0.2) is 19.3 Å². The molecule has 0 bridgehead atoms. The molecule has 0 amide bonds. The summed E-state index contributed by atoms with van der Waals surface area (Å²) < 4.78 is 11.5. The first-order valence-electron chi connectivity index (χ1n) is 13.2. The van der Waals surface area contributed by atoms with Crippen molar-refractivity contribution in [2.24, 2.45) is 0 Å². The van der Waals surface area contributed by atoms with Gasteiger partial charge >= 0.3 is 0 Å². The highest BCUT2D eigenvalue weighted by Crippen LogP contribution is 2.24. The molecule has 0 aliphatic carbocycles. The Morgan fingerprint density at radius 2 is 2.03 bits per heavy atom. The number of imidazole rings is 1. The van der Waals surface area contributed by atoms with E-state index in [-0.39, 0.29) is 18.2 Å². The summed E-state index contributed by atoms with van der Waals surface area (Å²) in [5.41, 5.74) is 2.95. The molecule has 0 spiro atoms. The Kier molecular flexibility index (Phi) is 6.57. The molecule has 2 N–H and O–H groups in total. The molecule has 1 fully saturated rings. The number of hydrogen-bond donors (Lipinski definition) is 2. The predicted molar refractivity (Wildman–Crippen MR) is 151 cm³/mol. The van der Waals surface area contributed by atoms with Gasteiger partial charge in [-0.3, -0.25) is 4.79 Å². The Labute approximate surface area is 225 Å². The lowest BCUT2D eigenvalue weighted by Crippen LogP contribution is -2.34. The van der Waals surface area contributed by atoms with E-state index in [0.717, 1.165) is 42.7 Å². The zero-order valence-corrected chi connectivity index (χ0v) is 22.0. The lowest BCUT2D eigenvalue weighted by Gasteiger charge is -2.23. The maximum Gasteiger partial charge on any atom is 0.278 e. The van der Waals surface area contributed by atoms with Crippen LogP contribution >= 0.6 is 0 Å². The van der Waals surface area contributed by atoms with E-state index in [0.29, 0.717) is 34.7 Å².